The summed E-state index contributed by atoms with van der Waals surface area (Å²) in [5.41, 5.74) is 3.36. The third-order valence-corrected chi connectivity index (χ3v) is 7.38. The second-order valence-electron chi connectivity index (χ2n) is 10.0. The minimum atomic E-state index is -0.889. The van der Waals surface area contributed by atoms with Gasteiger partial charge in [0.25, 0.3) is 5.91 Å². The number of amides is 4. The summed E-state index contributed by atoms with van der Waals surface area (Å²) in [5.74, 6) is -0.0486. The van der Waals surface area contributed by atoms with Crippen molar-refractivity contribution in [1.29, 1.82) is 0 Å². The molecule has 0 bridgehead atoms. The van der Waals surface area contributed by atoms with E-state index < -0.39 is 11.6 Å². The normalized spacial score (nSPS) is 20.7. The van der Waals surface area contributed by atoms with Crippen LogP contribution in [0.15, 0.2) is 59.5 Å². The van der Waals surface area contributed by atoms with E-state index in [-0.39, 0.29) is 24.0 Å². The van der Waals surface area contributed by atoms with E-state index in [4.69, 9.17) is 0 Å². The van der Waals surface area contributed by atoms with Gasteiger partial charge in [0, 0.05) is 24.8 Å². The van der Waals surface area contributed by atoms with Crippen molar-refractivity contribution >= 4 is 23.5 Å². The van der Waals surface area contributed by atoms with Crippen LogP contribution in [-0.2, 0) is 35.5 Å². The Morgan fingerprint density at radius 1 is 1.06 bits per heavy atom. The summed E-state index contributed by atoms with van der Waals surface area (Å²) in [6.07, 6.45) is 5.55. The summed E-state index contributed by atoms with van der Waals surface area (Å²) in [5, 5.41) is 8.01. The largest absolute Gasteiger partial charge is 0.329 e. The third kappa shape index (κ3) is 4.10. The zero-order chi connectivity index (χ0) is 24.9. The monoisotopic (exact) mass is 485 g/mol. The van der Waals surface area contributed by atoms with Crippen LogP contribution in [0.1, 0.15) is 30.4 Å². The van der Waals surface area contributed by atoms with Crippen LogP contribution in [0.5, 0.6) is 0 Å². The number of aromatic nitrogens is 2. The zero-order valence-corrected chi connectivity index (χ0v) is 19.8. The van der Waals surface area contributed by atoms with Gasteiger partial charge in [0.15, 0.2) is 0 Å². The minimum Gasteiger partial charge on any atom is -0.325 e. The predicted octanol–water partition coefficient (Wildman–Crippen LogP) is 2.43. The van der Waals surface area contributed by atoms with E-state index in [1.807, 2.05) is 42.5 Å². The average molecular weight is 486 g/mol. The lowest BCUT2D eigenvalue weighted by Crippen LogP contribution is -2.51. The average Bonchev–Trinajstić information content (AvgIpc) is 3.58. The summed E-state index contributed by atoms with van der Waals surface area (Å²) in [7, 11) is 0. The van der Waals surface area contributed by atoms with Gasteiger partial charge >= 0.3 is 11.7 Å². The molecule has 3 aromatic rings. The Balaban J connectivity index is 1.18. The Hall–Kier alpha value is -4.14. The molecule has 2 fully saturated rings. The maximum absolute atomic E-state index is 13.2. The number of hydrogen-bond acceptors (Lipinski definition) is 4. The van der Waals surface area contributed by atoms with Crippen molar-refractivity contribution in [2.75, 3.05) is 5.32 Å². The summed E-state index contributed by atoms with van der Waals surface area (Å²) in [4.78, 5) is 50.0. The van der Waals surface area contributed by atoms with Crippen LogP contribution in [0.2, 0.25) is 0 Å². The number of carbonyl (C=O) groups excluding carboxylic acids is 3. The van der Waals surface area contributed by atoms with E-state index in [1.165, 1.54) is 4.57 Å². The van der Waals surface area contributed by atoms with Crippen molar-refractivity contribution in [1.82, 2.24) is 19.8 Å². The SMILES string of the molecule is O=C(Cn1cc(-c2ccccc2)n(CC2CC2)c1=O)Nc1ccc2c(c1)CCC1(C2)NC(=O)NC1=O. The maximum atomic E-state index is 13.2. The van der Waals surface area contributed by atoms with Gasteiger partial charge in [0.2, 0.25) is 5.91 Å². The molecule has 2 aliphatic carbocycles. The highest BCUT2D eigenvalue weighted by molar-refractivity contribution is 6.07. The first-order valence-corrected chi connectivity index (χ1v) is 12.3. The fourth-order valence-corrected chi connectivity index (χ4v) is 5.27. The molecule has 1 aliphatic heterocycles. The highest BCUT2D eigenvalue weighted by atomic mass is 16.2. The molecule has 1 saturated heterocycles. The Kier molecular flexibility index (Phi) is 5.28. The van der Waals surface area contributed by atoms with E-state index in [0.717, 1.165) is 35.2 Å². The molecule has 9 heteroatoms. The van der Waals surface area contributed by atoms with Crippen molar-refractivity contribution < 1.29 is 14.4 Å². The van der Waals surface area contributed by atoms with Gasteiger partial charge < -0.3 is 10.6 Å². The summed E-state index contributed by atoms with van der Waals surface area (Å²) >= 11 is 0. The summed E-state index contributed by atoms with van der Waals surface area (Å²) < 4.78 is 3.26. The maximum Gasteiger partial charge on any atom is 0.329 e. The topological polar surface area (TPSA) is 114 Å². The van der Waals surface area contributed by atoms with Gasteiger partial charge in [-0.3, -0.25) is 24.0 Å². The number of carbonyl (C=O) groups is 3. The number of rotatable bonds is 6. The lowest BCUT2D eigenvalue weighted by Gasteiger charge is -2.32. The quantitative estimate of drug-likeness (QED) is 0.465. The van der Waals surface area contributed by atoms with Crippen LogP contribution >= 0.6 is 0 Å². The Bertz CT molecular complexity index is 1440. The third-order valence-electron chi connectivity index (χ3n) is 7.38. The number of hydrogen-bond donors (Lipinski definition) is 3. The molecule has 2 heterocycles. The molecule has 1 aromatic heterocycles. The molecule has 2 aromatic carbocycles. The molecule has 1 atom stereocenters. The van der Waals surface area contributed by atoms with Gasteiger partial charge in [-0.15, -0.1) is 0 Å². The van der Waals surface area contributed by atoms with Crippen molar-refractivity contribution in [3.63, 3.8) is 0 Å². The first-order chi connectivity index (χ1) is 17.4. The molecule has 1 saturated carbocycles. The smallest absolute Gasteiger partial charge is 0.325 e. The lowest BCUT2D eigenvalue weighted by molar-refractivity contribution is -0.124. The highest BCUT2D eigenvalue weighted by Crippen LogP contribution is 2.33. The van der Waals surface area contributed by atoms with Crippen LogP contribution in [0.3, 0.4) is 0 Å². The fourth-order valence-electron chi connectivity index (χ4n) is 5.27. The lowest BCUT2D eigenvalue weighted by atomic mass is 9.78. The van der Waals surface area contributed by atoms with Crippen molar-refractivity contribution in [3.05, 3.63) is 76.3 Å². The van der Waals surface area contributed by atoms with Gasteiger partial charge in [0.05, 0.1) is 5.69 Å². The Labute approximate surface area is 207 Å². The summed E-state index contributed by atoms with van der Waals surface area (Å²) in [6.45, 7) is 0.588. The van der Waals surface area contributed by atoms with E-state index >= 15 is 0 Å². The molecule has 0 radical (unpaired) electrons. The molecule has 36 heavy (non-hydrogen) atoms. The van der Waals surface area contributed by atoms with Gasteiger partial charge in [-0.1, -0.05) is 36.4 Å². The molecule has 1 unspecified atom stereocenters. The van der Waals surface area contributed by atoms with E-state index in [2.05, 4.69) is 16.0 Å². The highest BCUT2D eigenvalue weighted by Gasteiger charge is 2.47. The van der Waals surface area contributed by atoms with E-state index in [9.17, 15) is 19.2 Å². The molecule has 6 rings (SSSR count). The van der Waals surface area contributed by atoms with Gasteiger partial charge in [0.1, 0.15) is 12.1 Å². The van der Waals surface area contributed by atoms with E-state index in [0.29, 0.717) is 37.4 Å². The number of nitrogens with one attached hydrogen (secondary N) is 3. The number of urea groups is 1. The Morgan fingerprint density at radius 2 is 1.86 bits per heavy atom. The number of nitrogens with zero attached hydrogens (tertiary/aromatic N) is 2. The summed E-state index contributed by atoms with van der Waals surface area (Å²) in [6, 6.07) is 14.9. The van der Waals surface area contributed by atoms with Crippen molar-refractivity contribution in [2.45, 2.75) is 50.7 Å². The molecule has 1 spiro atoms. The second-order valence-corrected chi connectivity index (χ2v) is 10.0. The van der Waals surface area contributed by atoms with E-state index in [1.54, 1.807) is 16.8 Å². The number of imidazole rings is 1. The van der Waals surface area contributed by atoms with Crippen LogP contribution in [0.25, 0.3) is 11.3 Å². The van der Waals surface area contributed by atoms with Crippen LogP contribution in [0, 0.1) is 5.92 Å². The first-order valence-electron chi connectivity index (χ1n) is 12.3. The predicted molar refractivity (Wildman–Crippen MR) is 133 cm³/mol. The molecule has 4 amide bonds. The number of benzene rings is 2. The standard InChI is InChI=1S/C27H27N5O4/c33-23(16-31-15-22(18-4-2-1-3-5-18)32(26(31)36)14-17-6-7-17)28-21-9-8-20-13-27(11-10-19(20)12-21)24(34)29-25(35)30-27/h1-5,8-9,12,15,17H,6-7,10-11,13-14,16H2,(H,28,33)(H2,29,30,34,35). The number of anilines is 1. The van der Waals surface area contributed by atoms with Crippen LogP contribution < -0.4 is 21.6 Å². The van der Waals surface area contributed by atoms with Gasteiger partial charge in [-0.2, -0.15) is 0 Å². The number of fused-ring (bicyclic) bond motifs is 1. The fraction of sp³-hybridized carbons (Fsp3) is 0.333. The van der Waals surface area contributed by atoms with Crippen LogP contribution in [0.4, 0.5) is 10.5 Å². The first kappa shape index (κ1) is 22.3. The number of aryl methyl sites for hydroxylation is 1. The van der Waals surface area contributed by atoms with Crippen molar-refractivity contribution in [3.8, 4) is 11.3 Å². The molecular weight excluding hydrogens is 458 g/mol. The minimum absolute atomic E-state index is 0.0806. The van der Waals surface area contributed by atoms with Gasteiger partial charge in [-0.05, 0) is 60.4 Å². The second kappa shape index (κ2) is 8.51. The zero-order valence-electron chi connectivity index (χ0n) is 19.8. The molecule has 9 nitrogen and oxygen atoms in total. The van der Waals surface area contributed by atoms with Gasteiger partial charge in [-0.25, -0.2) is 9.59 Å². The number of imide groups is 1. The van der Waals surface area contributed by atoms with Crippen LogP contribution in [-0.4, -0.2) is 32.5 Å². The van der Waals surface area contributed by atoms with Crippen molar-refractivity contribution in [2.24, 2.45) is 5.92 Å². The molecule has 3 aliphatic rings. The molecular formula is C27H27N5O4. The molecule has 3 N–H and O–H groups in total. The molecule has 184 valence electrons. The Morgan fingerprint density at radius 3 is 2.58 bits per heavy atom.